The largest absolute Gasteiger partial charge is 0.697 e. The van der Waals surface area contributed by atoms with E-state index in [-0.39, 0.29) is 0 Å². The molecule has 3 nitrogen and oxygen atoms in total. The van der Waals surface area contributed by atoms with Crippen molar-refractivity contribution in [3.8, 4) is 0 Å². The monoisotopic (exact) mass is 505 g/mol. The molecule has 0 radical (unpaired) electrons. The summed E-state index contributed by atoms with van der Waals surface area (Å²) in [6.07, 6.45) is 1.61. The number of halogens is 4. The minimum atomic E-state index is -1.97. The summed E-state index contributed by atoms with van der Waals surface area (Å²) in [4.78, 5) is 0.687. The Hall–Kier alpha value is 1.94. The first kappa shape index (κ1) is 17.9. The van der Waals surface area contributed by atoms with Crippen LogP contribution in [0.15, 0.2) is 0 Å². The zero-order chi connectivity index (χ0) is 12.4. The van der Waals surface area contributed by atoms with Gasteiger partial charge in [-0.25, -0.2) is 0 Å². The van der Waals surface area contributed by atoms with Gasteiger partial charge in [0.2, 0.25) is 0 Å². The molecule has 2 atom stereocenters. The maximum absolute atomic E-state index is 11.2. The summed E-state index contributed by atoms with van der Waals surface area (Å²) >= 11 is 13.5. The Morgan fingerprint density at radius 1 is 0.938 bits per heavy atom. The van der Waals surface area contributed by atoms with E-state index < -0.39 is 8.25 Å². The maximum Gasteiger partial charge on any atom is 0.697 e. The van der Waals surface area contributed by atoms with E-state index in [0.717, 1.165) is 23.5 Å². The average molecular weight is 509 g/mol. The van der Waals surface area contributed by atoms with Crippen molar-refractivity contribution in [2.45, 2.75) is 22.5 Å². The fraction of sp³-hybridized carbons (Fsp3) is 1.00. The average Bonchev–Trinajstić information content (AvgIpc) is 2.28. The lowest BCUT2D eigenvalue weighted by Crippen LogP contribution is -2.04. The van der Waals surface area contributed by atoms with Crippen molar-refractivity contribution in [2.24, 2.45) is 0 Å². The zero-order valence-corrected chi connectivity index (χ0v) is 15.8. The summed E-state index contributed by atoms with van der Waals surface area (Å²) in [6, 6.07) is 0. The summed E-state index contributed by atoms with van der Waals surface area (Å²) in [6.45, 7) is 0.875. The predicted octanol–water partition coefficient (Wildman–Crippen LogP) is 4.77. The highest BCUT2D eigenvalue weighted by molar-refractivity contribution is 9.12. The van der Waals surface area contributed by atoms with Crippen LogP contribution in [0, 0.1) is 0 Å². The molecule has 0 aromatic carbocycles. The summed E-state index contributed by atoms with van der Waals surface area (Å²) in [5.41, 5.74) is 0. The van der Waals surface area contributed by atoms with Gasteiger partial charge >= 0.3 is 8.25 Å². The topological polar surface area (TPSA) is 35.5 Å². The van der Waals surface area contributed by atoms with Crippen LogP contribution in [0.3, 0.4) is 0 Å². The molecule has 0 rings (SSSR count). The molecule has 0 aromatic heterocycles. The van der Waals surface area contributed by atoms with E-state index >= 15 is 0 Å². The Balaban J connectivity index is 3.38. The summed E-state index contributed by atoms with van der Waals surface area (Å²) < 4.78 is 21.3. The van der Waals surface area contributed by atoms with E-state index in [1.807, 2.05) is 0 Å². The Morgan fingerprint density at radius 3 is 1.62 bits per heavy atom. The van der Waals surface area contributed by atoms with Crippen LogP contribution in [-0.2, 0) is 13.6 Å². The van der Waals surface area contributed by atoms with E-state index in [2.05, 4.69) is 63.7 Å². The first-order valence-electron chi connectivity index (χ1n) is 4.73. The second-order valence-electron chi connectivity index (χ2n) is 2.97. The van der Waals surface area contributed by atoms with Crippen molar-refractivity contribution in [3.05, 3.63) is 0 Å². The molecule has 0 aliphatic heterocycles. The van der Waals surface area contributed by atoms with E-state index in [4.69, 9.17) is 9.05 Å². The zero-order valence-electron chi connectivity index (χ0n) is 8.58. The lowest BCUT2D eigenvalue weighted by molar-refractivity contribution is 0.223. The van der Waals surface area contributed by atoms with Crippen LogP contribution >= 0.6 is 72.0 Å². The van der Waals surface area contributed by atoms with E-state index in [1.54, 1.807) is 0 Å². The summed E-state index contributed by atoms with van der Waals surface area (Å²) in [5, 5.41) is 1.70. The molecule has 0 N–H and O–H groups in total. The molecule has 0 aliphatic rings. The van der Waals surface area contributed by atoms with Crippen molar-refractivity contribution in [1.82, 2.24) is 0 Å². The Bertz CT molecular complexity index is 178. The molecule has 0 heterocycles. The minimum absolute atomic E-state index is 0.344. The standard InChI is InChI=1S/C8H14Br4O3P/c9-5-7(11)1-3-14-16(13)15-4-2-8(12)6-10/h7-8H,1-6H2/q+1. The predicted molar refractivity (Wildman–Crippen MR) is 81.8 cm³/mol. The van der Waals surface area contributed by atoms with Gasteiger partial charge in [0.05, 0.1) is 0 Å². The normalized spacial score (nSPS) is 15.9. The van der Waals surface area contributed by atoms with Gasteiger partial charge in [0.1, 0.15) is 13.2 Å². The Morgan fingerprint density at radius 2 is 1.31 bits per heavy atom. The highest BCUT2D eigenvalue weighted by Crippen LogP contribution is 2.25. The highest BCUT2D eigenvalue weighted by atomic mass is 79.9. The molecule has 16 heavy (non-hydrogen) atoms. The SMILES string of the molecule is O=[P+](OCCC(Br)CBr)OCCC(Br)CBr. The maximum atomic E-state index is 11.2. The lowest BCUT2D eigenvalue weighted by Gasteiger charge is -2.01. The molecule has 0 aliphatic carbocycles. The van der Waals surface area contributed by atoms with E-state index in [1.165, 1.54) is 0 Å². The minimum Gasteiger partial charge on any atom is -0.119 e. The molecular weight excluding hydrogens is 495 g/mol. The van der Waals surface area contributed by atoms with Crippen molar-refractivity contribution < 1.29 is 13.6 Å². The third kappa shape index (κ3) is 11.1. The molecule has 0 saturated carbocycles. The smallest absolute Gasteiger partial charge is 0.119 e. The molecule has 0 amide bonds. The van der Waals surface area contributed by atoms with Crippen LogP contribution < -0.4 is 0 Å². The summed E-state index contributed by atoms with van der Waals surface area (Å²) in [7, 11) is -1.97. The van der Waals surface area contributed by atoms with Gasteiger partial charge in [-0.3, -0.25) is 0 Å². The molecular formula is C8H14Br4O3P+. The van der Waals surface area contributed by atoms with Crippen LogP contribution in [0.2, 0.25) is 0 Å². The van der Waals surface area contributed by atoms with Crippen molar-refractivity contribution in [2.75, 3.05) is 23.9 Å². The van der Waals surface area contributed by atoms with Crippen LogP contribution in [0.25, 0.3) is 0 Å². The molecule has 0 spiro atoms. The Labute approximate surface area is 131 Å². The van der Waals surface area contributed by atoms with E-state index in [0.29, 0.717) is 22.9 Å². The molecule has 0 aromatic rings. The molecule has 2 unspecified atom stereocenters. The second kappa shape index (κ2) is 12.0. The molecule has 96 valence electrons. The van der Waals surface area contributed by atoms with Crippen molar-refractivity contribution in [3.63, 3.8) is 0 Å². The highest BCUT2D eigenvalue weighted by Gasteiger charge is 2.20. The van der Waals surface area contributed by atoms with Gasteiger partial charge in [0, 0.05) is 24.9 Å². The van der Waals surface area contributed by atoms with Crippen LogP contribution in [0.5, 0.6) is 0 Å². The number of hydrogen-bond acceptors (Lipinski definition) is 3. The molecule has 8 heteroatoms. The fourth-order valence-corrected chi connectivity index (χ4v) is 2.31. The molecule has 0 bridgehead atoms. The van der Waals surface area contributed by atoms with Gasteiger partial charge in [-0.05, 0) is 12.8 Å². The van der Waals surface area contributed by atoms with Gasteiger partial charge in [-0.15, -0.1) is 9.05 Å². The third-order valence-electron chi connectivity index (χ3n) is 1.59. The molecule has 0 saturated heterocycles. The van der Waals surface area contributed by atoms with Crippen LogP contribution in [-0.4, -0.2) is 33.5 Å². The molecule has 0 fully saturated rings. The van der Waals surface area contributed by atoms with Gasteiger partial charge in [-0.1, -0.05) is 63.7 Å². The number of alkyl halides is 4. The number of rotatable bonds is 10. The second-order valence-corrected chi connectivity index (χ2v) is 7.82. The lowest BCUT2D eigenvalue weighted by atomic mass is 10.4. The fourth-order valence-electron chi connectivity index (χ4n) is 0.702. The van der Waals surface area contributed by atoms with Gasteiger partial charge in [-0.2, -0.15) is 0 Å². The van der Waals surface area contributed by atoms with E-state index in [9.17, 15) is 4.57 Å². The van der Waals surface area contributed by atoms with Gasteiger partial charge in [0.15, 0.2) is 0 Å². The quantitative estimate of drug-likeness (QED) is 0.315. The third-order valence-corrected chi connectivity index (χ3v) is 7.24. The van der Waals surface area contributed by atoms with Gasteiger partial charge in [0.25, 0.3) is 0 Å². The van der Waals surface area contributed by atoms with Crippen molar-refractivity contribution in [1.29, 1.82) is 0 Å². The van der Waals surface area contributed by atoms with Crippen LogP contribution in [0.1, 0.15) is 12.8 Å². The van der Waals surface area contributed by atoms with Crippen molar-refractivity contribution >= 4 is 72.0 Å². The Kier molecular flexibility index (Phi) is 13.5. The first-order chi connectivity index (χ1) is 7.60. The summed E-state index contributed by atoms with van der Waals surface area (Å²) in [5.74, 6) is 0. The first-order valence-corrected chi connectivity index (χ1v) is 9.90. The number of hydrogen-bond donors (Lipinski definition) is 0. The van der Waals surface area contributed by atoms with Crippen LogP contribution in [0.4, 0.5) is 0 Å². The van der Waals surface area contributed by atoms with Gasteiger partial charge < -0.3 is 0 Å².